The van der Waals surface area contributed by atoms with E-state index in [4.69, 9.17) is 11.6 Å². The molecule has 0 aliphatic heterocycles. The first-order valence-electron chi connectivity index (χ1n) is 6.88. The standard InChI is InChI=1S/C13H21ClN6/c1-9(2)20(3)7-5-4-6-15-11-10-12(17-8-16-10)19-13(14)18-11/h8-9H,4-7H2,1-3H3,(H2,15,16,17,18,19). The summed E-state index contributed by atoms with van der Waals surface area (Å²) in [5.41, 5.74) is 1.39. The van der Waals surface area contributed by atoms with Gasteiger partial charge in [-0.3, -0.25) is 0 Å². The first-order chi connectivity index (χ1) is 9.58. The lowest BCUT2D eigenvalue weighted by molar-refractivity contribution is 0.269. The summed E-state index contributed by atoms with van der Waals surface area (Å²) >= 11 is 5.87. The van der Waals surface area contributed by atoms with Gasteiger partial charge in [-0.25, -0.2) is 4.98 Å². The molecular formula is C13H21ClN6. The van der Waals surface area contributed by atoms with Crippen LogP contribution in [0.25, 0.3) is 11.2 Å². The minimum absolute atomic E-state index is 0.214. The van der Waals surface area contributed by atoms with Crippen molar-refractivity contribution < 1.29 is 0 Å². The van der Waals surface area contributed by atoms with Gasteiger partial charge in [0, 0.05) is 12.6 Å². The van der Waals surface area contributed by atoms with Crippen LogP contribution in [0.1, 0.15) is 26.7 Å². The van der Waals surface area contributed by atoms with Gasteiger partial charge in [-0.05, 0) is 51.9 Å². The van der Waals surface area contributed by atoms with Crippen LogP contribution in [0.2, 0.25) is 5.28 Å². The summed E-state index contributed by atoms with van der Waals surface area (Å²) in [5, 5.41) is 3.51. The Hall–Kier alpha value is -1.40. The number of hydrogen-bond acceptors (Lipinski definition) is 5. The number of aromatic nitrogens is 4. The molecule has 20 heavy (non-hydrogen) atoms. The molecule has 0 saturated carbocycles. The van der Waals surface area contributed by atoms with Crippen molar-refractivity contribution in [3.63, 3.8) is 0 Å². The van der Waals surface area contributed by atoms with E-state index < -0.39 is 0 Å². The van der Waals surface area contributed by atoms with Crippen LogP contribution < -0.4 is 5.32 Å². The fraction of sp³-hybridized carbons (Fsp3) is 0.615. The summed E-state index contributed by atoms with van der Waals surface area (Å²) in [6.45, 7) is 6.36. The lowest BCUT2D eigenvalue weighted by Crippen LogP contribution is -2.27. The van der Waals surface area contributed by atoms with Crippen LogP contribution in [0.5, 0.6) is 0 Å². The lowest BCUT2D eigenvalue weighted by atomic mass is 10.2. The zero-order valence-corrected chi connectivity index (χ0v) is 12.9. The van der Waals surface area contributed by atoms with E-state index in [1.165, 1.54) is 0 Å². The van der Waals surface area contributed by atoms with E-state index >= 15 is 0 Å². The highest BCUT2D eigenvalue weighted by Gasteiger charge is 2.08. The number of hydrogen-bond donors (Lipinski definition) is 2. The number of fused-ring (bicyclic) bond motifs is 1. The van der Waals surface area contributed by atoms with E-state index in [0.717, 1.165) is 37.3 Å². The van der Waals surface area contributed by atoms with Gasteiger partial charge in [0.05, 0.1) is 6.33 Å². The Morgan fingerprint density at radius 3 is 2.90 bits per heavy atom. The van der Waals surface area contributed by atoms with Crippen LogP contribution in [0.15, 0.2) is 6.33 Å². The zero-order chi connectivity index (χ0) is 14.5. The van der Waals surface area contributed by atoms with Gasteiger partial charge in [0.1, 0.15) is 5.52 Å². The number of rotatable bonds is 7. The molecule has 0 amide bonds. The Bertz CT molecular complexity index is 553. The molecule has 0 spiro atoms. The maximum atomic E-state index is 5.87. The van der Waals surface area contributed by atoms with Gasteiger partial charge >= 0.3 is 0 Å². The average molecular weight is 297 g/mol. The fourth-order valence-electron chi connectivity index (χ4n) is 1.89. The summed E-state index contributed by atoms with van der Waals surface area (Å²) in [7, 11) is 2.15. The molecule has 2 rings (SSSR count). The average Bonchev–Trinajstić information content (AvgIpc) is 2.85. The summed E-state index contributed by atoms with van der Waals surface area (Å²) in [4.78, 5) is 17.7. The summed E-state index contributed by atoms with van der Waals surface area (Å²) in [6, 6.07) is 0.591. The molecule has 7 heteroatoms. The number of anilines is 1. The molecule has 0 fully saturated rings. The van der Waals surface area contributed by atoms with E-state index in [9.17, 15) is 0 Å². The summed E-state index contributed by atoms with van der Waals surface area (Å²) in [5.74, 6) is 0.717. The number of nitrogens with one attached hydrogen (secondary N) is 2. The third kappa shape index (κ3) is 3.80. The zero-order valence-electron chi connectivity index (χ0n) is 12.1. The van der Waals surface area contributed by atoms with Crippen molar-refractivity contribution in [2.75, 3.05) is 25.5 Å². The molecule has 110 valence electrons. The highest BCUT2D eigenvalue weighted by Crippen LogP contribution is 2.18. The maximum Gasteiger partial charge on any atom is 0.226 e. The summed E-state index contributed by atoms with van der Waals surface area (Å²) < 4.78 is 0. The highest BCUT2D eigenvalue weighted by molar-refractivity contribution is 6.28. The van der Waals surface area contributed by atoms with Crippen molar-refractivity contribution >= 4 is 28.6 Å². The minimum atomic E-state index is 0.214. The molecule has 0 saturated heterocycles. The van der Waals surface area contributed by atoms with Gasteiger partial charge in [-0.2, -0.15) is 9.97 Å². The molecule has 2 aromatic rings. The van der Waals surface area contributed by atoms with Crippen molar-refractivity contribution in [2.24, 2.45) is 0 Å². The lowest BCUT2D eigenvalue weighted by Gasteiger charge is -2.20. The van der Waals surface area contributed by atoms with Crippen LogP contribution >= 0.6 is 11.6 Å². The second kappa shape index (κ2) is 6.85. The largest absolute Gasteiger partial charge is 0.368 e. The van der Waals surface area contributed by atoms with Gasteiger partial charge in [-0.15, -0.1) is 0 Å². The van der Waals surface area contributed by atoms with Crippen LogP contribution in [0.4, 0.5) is 5.82 Å². The van der Waals surface area contributed by atoms with E-state index in [1.54, 1.807) is 6.33 Å². The van der Waals surface area contributed by atoms with Gasteiger partial charge in [0.25, 0.3) is 0 Å². The predicted octanol–water partition coefficient (Wildman–Crippen LogP) is 2.54. The quantitative estimate of drug-likeness (QED) is 0.607. The van der Waals surface area contributed by atoms with Crippen molar-refractivity contribution in [3.05, 3.63) is 11.6 Å². The third-order valence-electron chi connectivity index (χ3n) is 3.37. The molecule has 0 aliphatic rings. The van der Waals surface area contributed by atoms with Gasteiger partial charge in [0.15, 0.2) is 11.5 Å². The van der Waals surface area contributed by atoms with Gasteiger partial charge in [0.2, 0.25) is 5.28 Å². The second-order valence-corrected chi connectivity index (χ2v) is 5.49. The first-order valence-corrected chi connectivity index (χ1v) is 7.26. The van der Waals surface area contributed by atoms with Crippen LogP contribution in [-0.2, 0) is 0 Å². The smallest absolute Gasteiger partial charge is 0.226 e. The van der Waals surface area contributed by atoms with Crippen molar-refractivity contribution in [1.82, 2.24) is 24.8 Å². The number of H-pyrrole nitrogens is 1. The molecule has 0 radical (unpaired) electrons. The number of nitrogens with zero attached hydrogens (tertiary/aromatic N) is 4. The predicted molar refractivity (Wildman–Crippen MR) is 82.2 cm³/mol. The van der Waals surface area contributed by atoms with Crippen LogP contribution in [0, 0.1) is 0 Å². The highest BCUT2D eigenvalue weighted by atomic mass is 35.5. The normalized spacial score (nSPS) is 11.7. The SMILES string of the molecule is CC(C)N(C)CCCCNc1nc(Cl)nc2nc[nH]c12. The molecular weight excluding hydrogens is 276 g/mol. The third-order valence-corrected chi connectivity index (χ3v) is 3.54. The molecule has 2 aromatic heterocycles. The van der Waals surface area contributed by atoms with Gasteiger partial charge in [-0.1, -0.05) is 0 Å². The molecule has 2 heterocycles. The number of halogens is 1. The van der Waals surface area contributed by atoms with Crippen LogP contribution in [-0.4, -0.2) is 51.0 Å². The van der Waals surface area contributed by atoms with Crippen molar-refractivity contribution in [3.8, 4) is 0 Å². The van der Waals surface area contributed by atoms with E-state index in [0.29, 0.717) is 11.7 Å². The van der Waals surface area contributed by atoms with E-state index in [1.807, 2.05) is 0 Å². The monoisotopic (exact) mass is 296 g/mol. The number of unbranched alkanes of at least 4 members (excludes halogenated alkanes) is 1. The Morgan fingerprint density at radius 2 is 2.15 bits per heavy atom. The Labute approximate surface area is 124 Å². The molecule has 2 N–H and O–H groups in total. The van der Waals surface area contributed by atoms with E-state index in [2.05, 4.69) is 51.0 Å². The molecule has 0 aromatic carbocycles. The molecule has 0 atom stereocenters. The fourth-order valence-corrected chi connectivity index (χ4v) is 2.05. The Kier molecular flexibility index (Phi) is 5.14. The number of imidazole rings is 1. The minimum Gasteiger partial charge on any atom is -0.368 e. The molecule has 6 nitrogen and oxygen atoms in total. The topological polar surface area (TPSA) is 69.7 Å². The maximum absolute atomic E-state index is 5.87. The Morgan fingerprint density at radius 1 is 1.35 bits per heavy atom. The van der Waals surface area contributed by atoms with Crippen molar-refractivity contribution in [2.45, 2.75) is 32.7 Å². The molecule has 0 aliphatic carbocycles. The molecule has 0 unspecified atom stereocenters. The van der Waals surface area contributed by atoms with E-state index in [-0.39, 0.29) is 5.28 Å². The van der Waals surface area contributed by atoms with Crippen LogP contribution in [0.3, 0.4) is 0 Å². The molecule has 0 bridgehead atoms. The van der Waals surface area contributed by atoms with Crippen molar-refractivity contribution in [1.29, 1.82) is 0 Å². The first kappa shape index (κ1) is 15.0. The Balaban J connectivity index is 1.83. The number of aromatic amines is 1. The second-order valence-electron chi connectivity index (χ2n) is 5.15. The summed E-state index contributed by atoms with van der Waals surface area (Å²) in [6.07, 6.45) is 3.82. The van der Waals surface area contributed by atoms with Gasteiger partial charge < -0.3 is 15.2 Å².